The molecule has 320 valence electrons. The van der Waals surface area contributed by atoms with E-state index in [0.29, 0.717) is 0 Å². The van der Waals surface area contributed by atoms with Gasteiger partial charge < -0.3 is 4.90 Å². The summed E-state index contributed by atoms with van der Waals surface area (Å²) in [5.74, 6) is 0. The normalized spacial score (nSPS) is 13.6. The second kappa shape index (κ2) is 15.9. The van der Waals surface area contributed by atoms with Crippen LogP contribution in [-0.4, -0.2) is 0 Å². The Morgan fingerprint density at radius 3 is 1.31 bits per heavy atom. The molecule has 0 radical (unpaired) electrons. The number of rotatable bonds is 8. The second-order valence-corrected chi connectivity index (χ2v) is 19.2. The summed E-state index contributed by atoms with van der Waals surface area (Å²) in [6.07, 6.45) is 0. The maximum atomic E-state index is 2.47. The number of fused-ring (bicyclic) bond motifs is 6. The summed E-state index contributed by atoms with van der Waals surface area (Å²) in [6.45, 7) is 9.49. The Kier molecular flexibility index (Phi) is 9.59. The monoisotopic (exact) mass is 857 g/mol. The molecule has 1 heteroatoms. The van der Waals surface area contributed by atoms with Gasteiger partial charge in [-0.05, 0) is 119 Å². The van der Waals surface area contributed by atoms with Gasteiger partial charge >= 0.3 is 0 Å². The molecule has 0 heterocycles. The number of hydrogen-bond donors (Lipinski definition) is 0. The largest absolute Gasteiger partial charge is 0.309 e. The van der Waals surface area contributed by atoms with E-state index in [1.165, 1.54) is 100 Å². The molecule has 10 aromatic rings. The minimum absolute atomic E-state index is 0.110. The fourth-order valence-corrected chi connectivity index (χ4v) is 11.4. The van der Waals surface area contributed by atoms with E-state index >= 15 is 0 Å². The van der Waals surface area contributed by atoms with Crippen LogP contribution in [0.4, 0.5) is 17.1 Å². The number of para-hydroxylation sites is 2. The van der Waals surface area contributed by atoms with Crippen LogP contribution in [0.15, 0.2) is 237 Å². The van der Waals surface area contributed by atoms with Crippen molar-refractivity contribution in [2.45, 2.75) is 38.5 Å². The van der Waals surface area contributed by atoms with Gasteiger partial charge in [0.05, 0.1) is 11.4 Å². The maximum Gasteiger partial charge on any atom is 0.0540 e. The third-order valence-electron chi connectivity index (χ3n) is 14.7. The zero-order chi connectivity index (χ0) is 45.3. The first-order valence-corrected chi connectivity index (χ1v) is 23.6. The quantitative estimate of drug-likeness (QED) is 0.147. The Hall–Kier alpha value is -8.00. The summed E-state index contributed by atoms with van der Waals surface area (Å²) in [5, 5.41) is 0. The molecule has 12 rings (SSSR count). The smallest absolute Gasteiger partial charge is 0.0540 e. The van der Waals surface area contributed by atoms with Crippen molar-refractivity contribution >= 4 is 17.1 Å². The topological polar surface area (TPSA) is 3.24 Å². The van der Waals surface area contributed by atoms with Crippen LogP contribution in [0.1, 0.15) is 49.9 Å². The van der Waals surface area contributed by atoms with Crippen molar-refractivity contribution in [1.29, 1.82) is 0 Å². The molecule has 2 aliphatic carbocycles. The lowest BCUT2D eigenvalue weighted by molar-refractivity contribution is 0.660. The highest BCUT2D eigenvalue weighted by Gasteiger charge is 2.38. The van der Waals surface area contributed by atoms with Crippen LogP contribution in [0, 0.1) is 0 Å². The van der Waals surface area contributed by atoms with Gasteiger partial charge in [-0.1, -0.05) is 234 Å². The van der Waals surface area contributed by atoms with Crippen LogP contribution in [0.25, 0.3) is 77.9 Å². The molecule has 1 nitrogen and oxygen atoms in total. The number of hydrogen-bond acceptors (Lipinski definition) is 1. The predicted octanol–water partition coefficient (Wildman–Crippen LogP) is 18.1. The fourth-order valence-electron chi connectivity index (χ4n) is 11.4. The van der Waals surface area contributed by atoms with Crippen LogP contribution in [0.2, 0.25) is 0 Å². The van der Waals surface area contributed by atoms with Crippen LogP contribution in [-0.2, 0) is 10.8 Å². The first kappa shape index (κ1) is 40.5. The molecule has 0 amide bonds. The van der Waals surface area contributed by atoms with Crippen molar-refractivity contribution in [3.63, 3.8) is 0 Å². The molecule has 2 aliphatic rings. The Balaban J connectivity index is 1.00. The summed E-state index contributed by atoms with van der Waals surface area (Å²) in [7, 11) is 0. The van der Waals surface area contributed by atoms with Crippen LogP contribution >= 0.6 is 0 Å². The van der Waals surface area contributed by atoms with Gasteiger partial charge in [0.25, 0.3) is 0 Å². The lowest BCUT2D eigenvalue weighted by atomic mass is 9.78. The summed E-state index contributed by atoms with van der Waals surface area (Å²) in [5.41, 5.74) is 26.1. The predicted molar refractivity (Wildman–Crippen MR) is 283 cm³/mol. The van der Waals surface area contributed by atoms with Gasteiger partial charge in [-0.3, -0.25) is 0 Å². The zero-order valence-corrected chi connectivity index (χ0v) is 38.5. The lowest BCUT2D eigenvalue weighted by Crippen LogP contribution is -2.16. The van der Waals surface area contributed by atoms with Crippen molar-refractivity contribution < 1.29 is 0 Å². The number of benzene rings is 10. The molecular weight excluding hydrogens is 807 g/mol. The summed E-state index contributed by atoms with van der Waals surface area (Å²) in [4.78, 5) is 2.47. The van der Waals surface area contributed by atoms with Crippen molar-refractivity contribution in [1.82, 2.24) is 0 Å². The van der Waals surface area contributed by atoms with Crippen LogP contribution in [0.5, 0.6) is 0 Å². The number of nitrogens with zero attached hydrogens (tertiary/aromatic N) is 1. The Morgan fingerprint density at radius 1 is 0.254 bits per heavy atom. The zero-order valence-electron chi connectivity index (χ0n) is 38.5. The molecule has 0 N–H and O–H groups in total. The standard InChI is InChI=1S/C66H51N/c1-65(2)59-29-14-10-25-54(59)56-42-39-48(43-61(56)65)52-23-13-17-32-63(52)67(62-31-16-12-22-51(62)47-35-33-45(34-36-47)44-19-6-5-7-20-44)49-40-37-46(38-41-49)50-21-8-9-24-53(50)57-27-18-28-58-55-26-11-15-30-60(55)66(3,4)64(57)58/h5-43H,1-4H3. The molecule has 0 unspecified atom stereocenters. The third kappa shape index (κ3) is 6.60. The summed E-state index contributed by atoms with van der Waals surface area (Å²) < 4.78 is 0. The minimum Gasteiger partial charge on any atom is -0.309 e. The van der Waals surface area contributed by atoms with Gasteiger partial charge in [0.1, 0.15) is 0 Å². The lowest BCUT2D eigenvalue weighted by Gasteiger charge is -2.30. The van der Waals surface area contributed by atoms with E-state index in [1.54, 1.807) is 0 Å². The maximum absolute atomic E-state index is 2.47. The third-order valence-corrected chi connectivity index (χ3v) is 14.7. The first-order valence-electron chi connectivity index (χ1n) is 23.6. The SMILES string of the molecule is CC1(C)c2ccccc2-c2ccc(-c3ccccc3N(c3ccc(-c4ccccc4-c4cccc5c4C(C)(C)c4ccccc4-5)cc3)c3ccccc3-c3ccc(-c4ccccc4)cc3)cc21. The molecule has 0 bridgehead atoms. The van der Waals surface area contributed by atoms with Gasteiger partial charge in [0.2, 0.25) is 0 Å². The minimum atomic E-state index is -0.124. The van der Waals surface area contributed by atoms with Crippen molar-refractivity contribution in [3.8, 4) is 77.9 Å². The Morgan fingerprint density at radius 2 is 0.657 bits per heavy atom. The highest BCUT2D eigenvalue weighted by Crippen LogP contribution is 2.54. The van der Waals surface area contributed by atoms with Crippen molar-refractivity contribution in [3.05, 3.63) is 259 Å². The molecule has 0 atom stereocenters. The van der Waals surface area contributed by atoms with Gasteiger partial charge in [0, 0.05) is 27.6 Å². The fraction of sp³-hybridized carbons (Fsp3) is 0.0909. The highest BCUT2D eigenvalue weighted by atomic mass is 15.1. The number of anilines is 3. The van der Waals surface area contributed by atoms with Gasteiger partial charge in [0.15, 0.2) is 0 Å². The van der Waals surface area contributed by atoms with Gasteiger partial charge in [-0.25, -0.2) is 0 Å². The molecule has 0 aliphatic heterocycles. The molecule has 0 fully saturated rings. The molecule has 0 saturated heterocycles. The second-order valence-electron chi connectivity index (χ2n) is 19.2. The van der Waals surface area contributed by atoms with E-state index in [9.17, 15) is 0 Å². The van der Waals surface area contributed by atoms with Gasteiger partial charge in [-0.15, -0.1) is 0 Å². The molecule has 10 aromatic carbocycles. The van der Waals surface area contributed by atoms with E-state index < -0.39 is 0 Å². The van der Waals surface area contributed by atoms with E-state index in [1.807, 2.05) is 0 Å². The highest BCUT2D eigenvalue weighted by molar-refractivity contribution is 5.97. The van der Waals surface area contributed by atoms with Crippen molar-refractivity contribution in [2.75, 3.05) is 4.90 Å². The average molecular weight is 858 g/mol. The van der Waals surface area contributed by atoms with Gasteiger partial charge in [-0.2, -0.15) is 0 Å². The van der Waals surface area contributed by atoms with E-state index in [0.717, 1.165) is 17.1 Å². The van der Waals surface area contributed by atoms with Crippen LogP contribution < -0.4 is 4.90 Å². The van der Waals surface area contributed by atoms with E-state index in [-0.39, 0.29) is 10.8 Å². The Labute approximate surface area is 395 Å². The van der Waals surface area contributed by atoms with E-state index in [4.69, 9.17) is 0 Å². The Bertz CT molecular complexity index is 3500. The average Bonchev–Trinajstić information content (AvgIpc) is 3.76. The molecular formula is C66H51N. The molecule has 0 spiro atoms. The summed E-state index contributed by atoms with van der Waals surface area (Å²) >= 11 is 0. The molecule has 0 saturated carbocycles. The summed E-state index contributed by atoms with van der Waals surface area (Å²) in [6, 6.07) is 87.5. The molecule has 67 heavy (non-hydrogen) atoms. The van der Waals surface area contributed by atoms with E-state index in [2.05, 4.69) is 269 Å². The van der Waals surface area contributed by atoms with Crippen LogP contribution in [0.3, 0.4) is 0 Å². The van der Waals surface area contributed by atoms with Crippen molar-refractivity contribution in [2.24, 2.45) is 0 Å². The first-order chi connectivity index (χ1) is 32.8. The molecule has 0 aromatic heterocycles.